The van der Waals surface area contributed by atoms with E-state index in [0.29, 0.717) is 0 Å². The van der Waals surface area contributed by atoms with E-state index in [-0.39, 0.29) is 0 Å². The molecule has 0 N–H and O–H groups in total. The van der Waals surface area contributed by atoms with Crippen molar-refractivity contribution >= 4 is 39.0 Å². The van der Waals surface area contributed by atoms with Crippen molar-refractivity contribution in [1.29, 1.82) is 0 Å². The molecule has 8 aromatic carbocycles. The smallest absolute Gasteiger partial charge is 0.143 e. The summed E-state index contributed by atoms with van der Waals surface area (Å²) in [6, 6.07) is 71.8. The second kappa shape index (κ2) is 11.8. The lowest BCUT2D eigenvalue weighted by atomic mass is 9.68. The first-order valence-electron chi connectivity index (χ1n) is 17.5. The Bertz CT molecular complexity index is 2580. The Hall–Kier alpha value is -6.64. The number of hydrogen-bond donors (Lipinski definition) is 0. The maximum absolute atomic E-state index is 7.11. The van der Waals surface area contributed by atoms with Gasteiger partial charge in [-0.15, -0.1) is 0 Å². The first-order chi connectivity index (χ1) is 25.3. The normalized spacial score (nSPS) is 12.9. The van der Waals surface area contributed by atoms with Crippen molar-refractivity contribution in [3.63, 3.8) is 0 Å². The van der Waals surface area contributed by atoms with E-state index in [1.165, 1.54) is 33.4 Å². The second-order valence-corrected chi connectivity index (χ2v) is 13.2. The summed E-state index contributed by atoms with van der Waals surface area (Å²) in [7, 11) is 0. The Labute approximate surface area is 297 Å². The van der Waals surface area contributed by atoms with Crippen LogP contribution in [0.4, 0.5) is 17.1 Å². The third-order valence-electron chi connectivity index (χ3n) is 10.6. The molecule has 0 spiro atoms. The van der Waals surface area contributed by atoms with Gasteiger partial charge in [-0.2, -0.15) is 0 Å². The van der Waals surface area contributed by atoms with Gasteiger partial charge in [0.2, 0.25) is 0 Å². The molecular formula is C49H33NO. The molecule has 10 rings (SSSR count). The Balaban J connectivity index is 1.16. The zero-order chi connectivity index (χ0) is 33.8. The highest BCUT2D eigenvalue weighted by Crippen LogP contribution is 2.58. The maximum atomic E-state index is 7.11. The quantitative estimate of drug-likeness (QED) is 0.178. The van der Waals surface area contributed by atoms with Crippen LogP contribution in [0.25, 0.3) is 44.2 Å². The molecule has 0 unspecified atom stereocenters. The van der Waals surface area contributed by atoms with Crippen LogP contribution in [0.5, 0.6) is 0 Å². The van der Waals surface area contributed by atoms with Crippen LogP contribution in [0.1, 0.15) is 22.3 Å². The maximum Gasteiger partial charge on any atom is 0.143 e. The fourth-order valence-electron chi connectivity index (χ4n) is 8.40. The number of rotatable bonds is 6. The van der Waals surface area contributed by atoms with Crippen molar-refractivity contribution in [1.82, 2.24) is 0 Å². The Morgan fingerprint density at radius 3 is 1.49 bits per heavy atom. The minimum atomic E-state index is -0.469. The fourth-order valence-corrected chi connectivity index (χ4v) is 8.40. The highest BCUT2D eigenvalue weighted by atomic mass is 16.3. The van der Waals surface area contributed by atoms with Crippen molar-refractivity contribution < 1.29 is 4.42 Å². The van der Waals surface area contributed by atoms with Crippen LogP contribution in [0, 0.1) is 0 Å². The van der Waals surface area contributed by atoms with Gasteiger partial charge in [-0.25, -0.2) is 0 Å². The van der Waals surface area contributed by atoms with Crippen molar-refractivity contribution in [2.75, 3.05) is 4.90 Å². The molecular weight excluding hydrogens is 619 g/mol. The monoisotopic (exact) mass is 651 g/mol. The number of nitrogens with zero attached hydrogens (tertiary/aromatic N) is 1. The summed E-state index contributed by atoms with van der Waals surface area (Å²) in [5, 5.41) is 2.26. The van der Waals surface area contributed by atoms with Crippen LogP contribution >= 0.6 is 0 Å². The van der Waals surface area contributed by atoms with Gasteiger partial charge in [0, 0.05) is 39.0 Å². The van der Waals surface area contributed by atoms with Crippen LogP contribution in [0.15, 0.2) is 205 Å². The third kappa shape index (κ3) is 4.43. The third-order valence-corrected chi connectivity index (χ3v) is 10.6. The van der Waals surface area contributed by atoms with Crippen LogP contribution in [-0.2, 0) is 5.41 Å². The number of anilines is 3. The molecule has 0 saturated carbocycles. The van der Waals surface area contributed by atoms with Gasteiger partial charge in [0.1, 0.15) is 11.2 Å². The Kier molecular flexibility index (Phi) is 6.75. The summed E-state index contributed by atoms with van der Waals surface area (Å²) in [6.45, 7) is 0. The molecule has 1 aromatic heterocycles. The summed E-state index contributed by atoms with van der Waals surface area (Å²) < 4.78 is 7.11. The Morgan fingerprint density at radius 2 is 0.863 bits per heavy atom. The SMILES string of the molecule is c1ccc(N(c2ccccc2)c2ccc(-c3cccc4c3oc3c5c(ccc34)C(c3ccccc3)(c3ccccc3)c3ccccc3-5)cc2)cc1. The second-order valence-electron chi connectivity index (χ2n) is 13.2. The summed E-state index contributed by atoms with van der Waals surface area (Å²) in [5.74, 6) is 0. The van der Waals surface area contributed by atoms with Gasteiger partial charge in [0.25, 0.3) is 0 Å². The number of hydrogen-bond acceptors (Lipinski definition) is 2. The molecule has 0 fully saturated rings. The molecule has 1 heterocycles. The standard InChI is InChI=1S/C49H33NO/c1-5-16-35(17-6-1)49(36-18-7-2-8-19-36)44-27-14-13-24-43(44)46-45(49)33-32-42-41-26-15-25-40(47(41)51-48(42)46)34-28-30-39(31-29-34)50(37-20-9-3-10-21-37)38-22-11-4-12-23-38/h1-33H. The van der Waals surface area contributed by atoms with E-state index in [9.17, 15) is 0 Å². The zero-order valence-electron chi connectivity index (χ0n) is 27.9. The Morgan fingerprint density at radius 1 is 0.353 bits per heavy atom. The lowest BCUT2D eigenvalue weighted by Gasteiger charge is -2.33. The van der Waals surface area contributed by atoms with Crippen molar-refractivity contribution in [3.05, 3.63) is 222 Å². The average Bonchev–Trinajstić information content (AvgIpc) is 3.74. The molecule has 1 aliphatic rings. The number of benzene rings is 8. The molecule has 9 aromatic rings. The first-order valence-corrected chi connectivity index (χ1v) is 17.5. The van der Waals surface area contributed by atoms with Crippen molar-refractivity contribution in [2.24, 2.45) is 0 Å². The fraction of sp³-hybridized carbons (Fsp3) is 0.0204. The highest BCUT2D eigenvalue weighted by molar-refractivity contribution is 6.15. The van der Waals surface area contributed by atoms with E-state index in [1.54, 1.807) is 0 Å². The van der Waals surface area contributed by atoms with Gasteiger partial charge in [-0.3, -0.25) is 0 Å². The lowest BCUT2D eigenvalue weighted by molar-refractivity contribution is 0.670. The number of para-hydroxylation sites is 3. The average molecular weight is 652 g/mol. The molecule has 0 atom stereocenters. The van der Waals surface area contributed by atoms with Crippen molar-refractivity contribution in [3.8, 4) is 22.3 Å². The van der Waals surface area contributed by atoms with Gasteiger partial charge in [-0.1, -0.05) is 164 Å². The van der Waals surface area contributed by atoms with Gasteiger partial charge >= 0.3 is 0 Å². The number of furan rings is 1. The van der Waals surface area contributed by atoms with Gasteiger partial charge in [0.05, 0.1) is 5.41 Å². The van der Waals surface area contributed by atoms with E-state index in [1.807, 2.05) is 0 Å². The molecule has 1 aliphatic carbocycles. The largest absolute Gasteiger partial charge is 0.455 e. The molecule has 0 saturated heterocycles. The summed E-state index contributed by atoms with van der Waals surface area (Å²) in [6.07, 6.45) is 0. The highest BCUT2D eigenvalue weighted by Gasteiger charge is 2.47. The molecule has 0 bridgehead atoms. The molecule has 0 radical (unpaired) electrons. The predicted octanol–water partition coefficient (Wildman–Crippen LogP) is 13.1. The van der Waals surface area contributed by atoms with Crippen molar-refractivity contribution in [2.45, 2.75) is 5.41 Å². The van der Waals surface area contributed by atoms with Crippen LogP contribution in [0.3, 0.4) is 0 Å². The van der Waals surface area contributed by atoms with Gasteiger partial charge in [0.15, 0.2) is 0 Å². The van der Waals surface area contributed by atoms with Gasteiger partial charge in [-0.05, 0) is 69.8 Å². The van der Waals surface area contributed by atoms with Crippen LogP contribution in [0.2, 0.25) is 0 Å². The minimum Gasteiger partial charge on any atom is -0.455 e. The lowest BCUT2D eigenvalue weighted by Crippen LogP contribution is -2.28. The topological polar surface area (TPSA) is 16.4 Å². The molecule has 0 amide bonds. The number of fused-ring (bicyclic) bond motifs is 7. The minimum absolute atomic E-state index is 0.469. The van der Waals surface area contributed by atoms with E-state index in [4.69, 9.17) is 4.42 Å². The molecule has 2 nitrogen and oxygen atoms in total. The van der Waals surface area contributed by atoms with Crippen LogP contribution < -0.4 is 4.90 Å². The summed E-state index contributed by atoms with van der Waals surface area (Å²) in [5.41, 5.74) is 14.3. The summed E-state index contributed by atoms with van der Waals surface area (Å²) in [4.78, 5) is 2.29. The van der Waals surface area contributed by atoms with E-state index in [2.05, 4.69) is 205 Å². The summed E-state index contributed by atoms with van der Waals surface area (Å²) >= 11 is 0. The van der Waals surface area contributed by atoms with Gasteiger partial charge < -0.3 is 9.32 Å². The molecule has 2 heteroatoms. The molecule has 0 aliphatic heterocycles. The predicted molar refractivity (Wildman–Crippen MR) is 211 cm³/mol. The first kappa shape index (κ1) is 29.3. The molecule has 240 valence electrons. The van der Waals surface area contributed by atoms with Crippen LogP contribution in [-0.4, -0.2) is 0 Å². The zero-order valence-corrected chi connectivity index (χ0v) is 27.9. The molecule has 51 heavy (non-hydrogen) atoms. The van der Waals surface area contributed by atoms with E-state index >= 15 is 0 Å². The van der Waals surface area contributed by atoms with E-state index in [0.717, 1.165) is 50.1 Å². The van der Waals surface area contributed by atoms with E-state index < -0.39 is 5.41 Å².